The van der Waals surface area contributed by atoms with Gasteiger partial charge in [0.05, 0.1) is 14.2 Å². The summed E-state index contributed by atoms with van der Waals surface area (Å²) in [4.78, 5) is 12.7. The second-order valence-corrected chi connectivity index (χ2v) is 8.88. The molecule has 3 rings (SSSR count). The van der Waals surface area contributed by atoms with Crippen LogP contribution < -0.4 is 14.8 Å². The van der Waals surface area contributed by atoms with Crippen LogP contribution in [0.2, 0.25) is 0 Å². The molecule has 0 spiro atoms. The van der Waals surface area contributed by atoms with Crippen molar-refractivity contribution in [3.8, 4) is 11.5 Å². The fraction of sp³-hybridized carbons (Fsp3) is 0.381. The van der Waals surface area contributed by atoms with Gasteiger partial charge in [0.1, 0.15) is 16.4 Å². The minimum Gasteiger partial charge on any atom is -0.496 e. The van der Waals surface area contributed by atoms with E-state index in [2.05, 4.69) is 5.32 Å². The van der Waals surface area contributed by atoms with Gasteiger partial charge in [-0.15, -0.1) is 0 Å². The number of methoxy groups -OCH3 is 2. The molecule has 0 aromatic heterocycles. The third kappa shape index (κ3) is 4.54. The molecule has 0 atom stereocenters. The van der Waals surface area contributed by atoms with E-state index in [0.29, 0.717) is 30.1 Å². The van der Waals surface area contributed by atoms with E-state index < -0.39 is 10.0 Å². The highest BCUT2D eigenvalue weighted by atomic mass is 32.2. The maximum atomic E-state index is 13.1. The number of benzene rings is 2. The molecule has 0 radical (unpaired) electrons. The number of hydrogen-bond donors (Lipinski definition) is 1. The number of rotatable bonds is 6. The number of sulfonamides is 1. The summed E-state index contributed by atoms with van der Waals surface area (Å²) < 4.78 is 38.2. The molecule has 1 saturated heterocycles. The molecule has 1 amide bonds. The van der Waals surface area contributed by atoms with Crippen LogP contribution in [0.15, 0.2) is 41.3 Å². The SMILES string of the molecule is COc1ccc(C(=O)Nc2ccc(OC)c(S(=O)(=O)N3CCCCC3)c2)cc1C. The van der Waals surface area contributed by atoms with Crippen LogP contribution in [0.3, 0.4) is 0 Å². The zero-order chi connectivity index (χ0) is 21.0. The maximum Gasteiger partial charge on any atom is 0.255 e. The van der Waals surface area contributed by atoms with Gasteiger partial charge in [0.15, 0.2) is 0 Å². The van der Waals surface area contributed by atoms with Gasteiger partial charge in [-0.05, 0) is 61.7 Å². The molecule has 0 aliphatic carbocycles. The van der Waals surface area contributed by atoms with E-state index in [1.165, 1.54) is 17.5 Å². The second-order valence-electron chi connectivity index (χ2n) is 6.97. The number of amides is 1. The van der Waals surface area contributed by atoms with Gasteiger partial charge in [0.2, 0.25) is 10.0 Å². The van der Waals surface area contributed by atoms with Crippen molar-refractivity contribution >= 4 is 21.6 Å². The molecule has 156 valence electrons. The molecule has 0 bridgehead atoms. The Morgan fingerprint density at radius 1 is 0.966 bits per heavy atom. The molecule has 1 fully saturated rings. The Balaban J connectivity index is 1.88. The molecule has 0 saturated carbocycles. The van der Waals surface area contributed by atoms with Crippen LogP contribution in [0.5, 0.6) is 11.5 Å². The van der Waals surface area contributed by atoms with Gasteiger partial charge in [-0.3, -0.25) is 4.79 Å². The number of anilines is 1. The summed E-state index contributed by atoms with van der Waals surface area (Å²) in [5.74, 6) is 0.622. The summed E-state index contributed by atoms with van der Waals surface area (Å²) in [6.45, 7) is 2.84. The Kier molecular flexibility index (Phi) is 6.44. The fourth-order valence-corrected chi connectivity index (χ4v) is 5.12. The predicted molar refractivity (Wildman–Crippen MR) is 111 cm³/mol. The zero-order valence-electron chi connectivity index (χ0n) is 16.9. The number of carbonyl (C=O) groups is 1. The summed E-state index contributed by atoms with van der Waals surface area (Å²) >= 11 is 0. The minimum absolute atomic E-state index is 0.0608. The highest BCUT2D eigenvalue weighted by Crippen LogP contribution is 2.31. The quantitative estimate of drug-likeness (QED) is 0.777. The van der Waals surface area contributed by atoms with E-state index >= 15 is 0 Å². The number of ether oxygens (including phenoxy) is 2. The first-order valence-electron chi connectivity index (χ1n) is 9.51. The van der Waals surface area contributed by atoms with Crippen LogP contribution in [0, 0.1) is 6.92 Å². The van der Waals surface area contributed by atoms with Gasteiger partial charge in [-0.25, -0.2) is 8.42 Å². The molecule has 0 unspecified atom stereocenters. The van der Waals surface area contributed by atoms with Crippen molar-refractivity contribution < 1.29 is 22.7 Å². The molecule has 1 aliphatic heterocycles. The third-order valence-corrected chi connectivity index (χ3v) is 6.93. The van der Waals surface area contributed by atoms with Gasteiger partial charge in [-0.1, -0.05) is 6.42 Å². The van der Waals surface area contributed by atoms with E-state index in [4.69, 9.17) is 9.47 Å². The van der Waals surface area contributed by atoms with Gasteiger partial charge in [0.25, 0.3) is 5.91 Å². The van der Waals surface area contributed by atoms with Crippen molar-refractivity contribution in [2.75, 3.05) is 32.6 Å². The molecule has 1 N–H and O–H groups in total. The lowest BCUT2D eigenvalue weighted by molar-refractivity contribution is 0.102. The third-order valence-electron chi connectivity index (χ3n) is 5.01. The highest BCUT2D eigenvalue weighted by molar-refractivity contribution is 7.89. The molecule has 8 heteroatoms. The van der Waals surface area contributed by atoms with Crippen molar-refractivity contribution in [3.05, 3.63) is 47.5 Å². The van der Waals surface area contributed by atoms with Crippen LogP contribution in [-0.2, 0) is 10.0 Å². The molecule has 2 aromatic rings. The summed E-state index contributed by atoms with van der Waals surface area (Å²) in [7, 11) is -0.696. The summed E-state index contributed by atoms with van der Waals surface area (Å²) in [6.07, 6.45) is 2.71. The van der Waals surface area contributed by atoms with Crippen LogP contribution in [0.25, 0.3) is 0 Å². The van der Waals surface area contributed by atoms with Gasteiger partial charge in [0, 0.05) is 24.3 Å². The molecular formula is C21H26N2O5S. The van der Waals surface area contributed by atoms with E-state index in [-0.39, 0.29) is 16.6 Å². The van der Waals surface area contributed by atoms with E-state index in [1.54, 1.807) is 37.4 Å². The van der Waals surface area contributed by atoms with Crippen molar-refractivity contribution in [2.45, 2.75) is 31.1 Å². The number of aryl methyl sites for hydroxylation is 1. The Hall–Kier alpha value is -2.58. The summed E-state index contributed by atoms with van der Waals surface area (Å²) in [6, 6.07) is 9.76. The predicted octanol–water partition coefficient (Wildman–Crippen LogP) is 3.44. The van der Waals surface area contributed by atoms with Crippen LogP contribution in [-0.4, -0.2) is 45.9 Å². The van der Waals surface area contributed by atoms with Crippen molar-refractivity contribution in [1.29, 1.82) is 0 Å². The van der Waals surface area contributed by atoms with Crippen LogP contribution in [0.1, 0.15) is 35.2 Å². The molecule has 7 nitrogen and oxygen atoms in total. The average molecular weight is 419 g/mol. The molecule has 2 aromatic carbocycles. The summed E-state index contributed by atoms with van der Waals surface area (Å²) in [5.41, 5.74) is 1.68. The topological polar surface area (TPSA) is 84.9 Å². The fourth-order valence-electron chi connectivity index (χ4n) is 3.42. The maximum absolute atomic E-state index is 13.1. The van der Waals surface area contributed by atoms with Crippen molar-refractivity contribution in [1.82, 2.24) is 4.31 Å². The lowest BCUT2D eigenvalue weighted by Crippen LogP contribution is -2.35. The minimum atomic E-state index is -3.70. The first-order valence-corrected chi connectivity index (χ1v) is 10.9. The lowest BCUT2D eigenvalue weighted by atomic mass is 10.1. The molecule has 1 heterocycles. The standard InChI is InChI=1S/C21H26N2O5S/c1-15-13-16(7-9-18(15)27-2)21(24)22-17-8-10-19(28-3)20(14-17)29(25,26)23-11-5-4-6-12-23/h7-10,13-14H,4-6,11-12H2,1-3H3,(H,22,24). The zero-order valence-corrected chi connectivity index (χ0v) is 17.7. The number of carbonyl (C=O) groups excluding carboxylic acids is 1. The number of nitrogens with one attached hydrogen (secondary N) is 1. The van der Waals surface area contributed by atoms with Crippen molar-refractivity contribution in [2.24, 2.45) is 0 Å². The smallest absolute Gasteiger partial charge is 0.255 e. The number of piperidine rings is 1. The average Bonchev–Trinajstić information content (AvgIpc) is 2.74. The monoisotopic (exact) mass is 418 g/mol. The highest BCUT2D eigenvalue weighted by Gasteiger charge is 2.29. The molecule has 29 heavy (non-hydrogen) atoms. The van der Waals surface area contributed by atoms with Crippen LogP contribution >= 0.6 is 0 Å². The number of nitrogens with zero attached hydrogens (tertiary/aromatic N) is 1. The van der Waals surface area contributed by atoms with Gasteiger partial charge < -0.3 is 14.8 Å². The largest absolute Gasteiger partial charge is 0.496 e. The first kappa shape index (κ1) is 21.1. The normalized spacial score (nSPS) is 15.0. The molecular weight excluding hydrogens is 392 g/mol. The Bertz CT molecular complexity index is 998. The Morgan fingerprint density at radius 3 is 2.24 bits per heavy atom. The van der Waals surface area contributed by atoms with Gasteiger partial charge >= 0.3 is 0 Å². The van der Waals surface area contributed by atoms with Crippen LogP contribution in [0.4, 0.5) is 5.69 Å². The second kappa shape index (κ2) is 8.84. The Morgan fingerprint density at radius 2 is 1.62 bits per heavy atom. The lowest BCUT2D eigenvalue weighted by Gasteiger charge is -2.26. The molecule has 1 aliphatic rings. The van der Waals surface area contributed by atoms with E-state index in [0.717, 1.165) is 24.8 Å². The first-order chi connectivity index (χ1) is 13.9. The van der Waals surface area contributed by atoms with E-state index in [9.17, 15) is 13.2 Å². The summed E-state index contributed by atoms with van der Waals surface area (Å²) in [5, 5.41) is 2.77. The van der Waals surface area contributed by atoms with Crippen molar-refractivity contribution in [3.63, 3.8) is 0 Å². The Labute approximate surface area is 171 Å². The van der Waals surface area contributed by atoms with Gasteiger partial charge in [-0.2, -0.15) is 4.31 Å². The number of hydrogen-bond acceptors (Lipinski definition) is 5. The van der Waals surface area contributed by atoms with E-state index in [1.807, 2.05) is 6.92 Å².